The normalized spacial score (nSPS) is 11.9. The summed E-state index contributed by atoms with van der Waals surface area (Å²) < 4.78 is 32.8. The lowest BCUT2D eigenvalue weighted by molar-refractivity contribution is 0.403. The van der Waals surface area contributed by atoms with E-state index in [1.54, 1.807) is 18.2 Å². The topological polar surface area (TPSA) is 67.4 Å². The van der Waals surface area contributed by atoms with Gasteiger partial charge in [0.1, 0.15) is 10.6 Å². The predicted octanol–water partition coefficient (Wildman–Crippen LogP) is 4.36. The Kier molecular flexibility index (Phi) is 5.30. The fourth-order valence-corrected chi connectivity index (χ4v) is 3.62. The number of rotatable bonds is 5. The van der Waals surface area contributed by atoms with Gasteiger partial charge in [0.25, 0.3) is 10.0 Å². The maximum atomic E-state index is 12.6. The zero-order valence-corrected chi connectivity index (χ0v) is 15.6. The highest BCUT2D eigenvalue weighted by Gasteiger charge is 2.20. The monoisotopic (exact) mass is 368 g/mol. The minimum Gasteiger partial charge on any atom is -0.495 e. The quantitative estimate of drug-likeness (QED) is 0.822. The van der Waals surface area contributed by atoms with Crippen LogP contribution in [0.2, 0.25) is 5.02 Å². The molecule has 0 amide bonds. The van der Waals surface area contributed by atoms with Gasteiger partial charge in [0, 0.05) is 21.9 Å². The van der Waals surface area contributed by atoms with Gasteiger partial charge in [0.05, 0.1) is 7.11 Å². The van der Waals surface area contributed by atoms with Crippen molar-refractivity contribution in [2.75, 3.05) is 17.1 Å². The smallest absolute Gasteiger partial charge is 0.265 e. The Balaban J connectivity index is 2.25. The van der Waals surface area contributed by atoms with E-state index in [4.69, 9.17) is 16.3 Å². The van der Waals surface area contributed by atoms with Crippen molar-refractivity contribution in [2.24, 2.45) is 0 Å². The number of benzene rings is 2. The Morgan fingerprint density at radius 3 is 2.12 bits per heavy atom. The predicted molar refractivity (Wildman–Crippen MR) is 98.6 cm³/mol. The summed E-state index contributed by atoms with van der Waals surface area (Å²) in [4.78, 5) is -0.00519. The van der Waals surface area contributed by atoms with E-state index in [-0.39, 0.29) is 16.2 Å². The van der Waals surface area contributed by atoms with Crippen molar-refractivity contribution in [3.05, 3.63) is 47.5 Å². The molecule has 0 aromatic heterocycles. The van der Waals surface area contributed by atoms with Gasteiger partial charge in [0.15, 0.2) is 0 Å². The summed E-state index contributed by atoms with van der Waals surface area (Å²) in [5.41, 5.74) is 1.29. The summed E-state index contributed by atoms with van der Waals surface area (Å²) in [6.07, 6.45) is 0. The van der Waals surface area contributed by atoms with Gasteiger partial charge in [0.2, 0.25) is 0 Å². The van der Waals surface area contributed by atoms with Gasteiger partial charge in [-0.3, -0.25) is 4.72 Å². The van der Waals surface area contributed by atoms with E-state index in [1.165, 1.54) is 19.2 Å². The second kappa shape index (κ2) is 6.91. The van der Waals surface area contributed by atoms with Crippen LogP contribution in [-0.2, 0) is 10.0 Å². The number of hydrogen-bond donors (Lipinski definition) is 2. The molecule has 0 atom stereocenters. The van der Waals surface area contributed by atoms with Gasteiger partial charge in [-0.15, -0.1) is 0 Å². The van der Waals surface area contributed by atoms with E-state index in [2.05, 4.69) is 30.8 Å². The molecule has 0 saturated carbocycles. The van der Waals surface area contributed by atoms with Crippen molar-refractivity contribution in [3.8, 4) is 5.75 Å². The van der Waals surface area contributed by atoms with Gasteiger partial charge >= 0.3 is 0 Å². The van der Waals surface area contributed by atoms with Crippen molar-refractivity contribution < 1.29 is 13.2 Å². The first-order valence-electron chi connectivity index (χ1n) is 7.35. The SMILES string of the molecule is COc1ccc(Cl)cc1S(=O)(=O)Nc1ccc(NC(C)(C)C)cc1. The molecule has 0 unspecified atom stereocenters. The van der Waals surface area contributed by atoms with Crippen LogP contribution < -0.4 is 14.8 Å². The summed E-state index contributed by atoms with van der Waals surface area (Å²) in [6.45, 7) is 6.15. The van der Waals surface area contributed by atoms with Crippen LogP contribution in [0.4, 0.5) is 11.4 Å². The minimum absolute atomic E-state index is 0.00519. The van der Waals surface area contributed by atoms with Crippen LogP contribution in [0.5, 0.6) is 5.75 Å². The average molecular weight is 369 g/mol. The second-order valence-electron chi connectivity index (χ2n) is 6.35. The van der Waals surface area contributed by atoms with E-state index in [0.717, 1.165) is 5.69 Å². The largest absolute Gasteiger partial charge is 0.495 e. The highest BCUT2D eigenvalue weighted by Crippen LogP contribution is 2.29. The fraction of sp³-hybridized carbons (Fsp3) is 0.294. The highest BCUT2D eigenvalue weighted by atomic mass is 35.5. The van der Waals surface area contributed by atoms with Crippen LogP contribution >= 0.6 is 11.6 Å². The third-order valence-electron chi connectivity index (χ3n) is 3.07. The number of anilines is 2. The van der Waals surface area contributed by atoms with Crippen LogP contribution in [0, 0.1) is 0 Å². The molecule has 0 bridgehead atoms. The van der Waals surface area contributed by atoms with Gasteiger partial charge in [-0.25, -0.2) is 8.42 Å². The van der Waals surface area contributed by atoms with Crippen LogP contribution in [-0.4, -0.2) is 21.1 Å². The van der Waals surface area contributed by atoms with Crippen molar-refractivity contribution >= 4 is 33.0 Å². The molecule has 130 valence electrons. The Hall–Kier alpha value is -1.92. The Morgan fingerprint density at radius 1 is 1.00 bits per heavy atom. The number of sulfonamides is 1. The average Bonchev–Trinajstić information content (AvgIpc) is 2.47. The molecule has 0 aliphatic carbocycles. The molecule has 0 aliphatic heterocycles. The number of methoxy groups -OCH3 is 1. The molecule has 7 heteroatoms. The Morgan fingerprint density at radius 2 is 1.58 bits per heavy atom. The second-order valence-corrected chi connectivity index (χ2v) is 8.44. The van der Waals surface area contributed by atoms with Crippen molar-refractivity contribution in [1.82, 2.24) is 0 Å². The van der Waals surface area contributed by atoms with Crippen molar-refractivity contribution in [1.29, 1.82) is 0 Å². The van der Waals surface area contributed by atoms with Gasteiger partial charge in [-0.1, -0.05) is 11.6 Å². The number of halogens is 1. The first-order valence-corrected chi connectivity index (χ1v) is 9.21. The van der Waals surface area contributed by atoms with Crippen LogP contribution in [0.15, 0.2) is 47.4 Å². The molecule has 2 N–H and O–H groups in total. The molecular weight excluding hydrogens is 348 g/mol. The molecule has 5 nitrogen and oxygen atoms in total. The summed E-state index contributed by atoms with van der Waals surface area (Å²) in [5.74, 6) is 0.234. The van der Waals surface area contributed by atoms with Gasteiger partial charge in [-0.2, -0.15) is 0 Å². The number of hydrogen-bond acceptors (Lipinski definition) is 4. The fourth-order valence-electron chi connectivity index (χ4n) is 2.13. The molecule has 2 rings (SSSR count). The zero-order chi connectivity index (χ0) is 18.0. The lowest BCUT2D eigenvalue weighted by atomic mass is 10.1. The van der Waals surface area contributed by atoms with Crippen LogP contribution in [0.1, 0.15) is 20.8 Å². The first-order chi connectivity index (χ1) is 11.1. The molecule has 0 heterocycles. The van der Waals surface area contributed by atoms with Crippen molar-refractivity contribution in [2.45, 2.75) is 31.2 Å². The minimum atomic E-state index is -3.81. The van der Waals surface area contributed by atoms with E-state index >= 15 is 0 Å². The maximum absolute atomic E-state index is 12.6. The summed E-state index contributed by atoms with van der Waals surface area (Å²) in [5, 5.41) is 3.63. The lowest BCUT2D eigenvalue weighted by Gasteiger charge is -2.22. The summed E-state index contributed by atoms with van der Waals surface area (Å²) in [7, 11) is -2.39. The maximum Gasteiger partial charge on any atom is 0.265 e. The molecule has 0 saturated heterocycles. The molecule has 0 spiro atoms. The van der Waals surface area contributed by atoms with Gasteiger partial charge in [-0.05, 0) is 63.2 Å². The summed E-state index contributed by atoms with van der Waals surface area (Å²) in [6, 6.07) is 11.5. The standard InChI is InChI=1S/C17H21ClN2O3S/c1-17(2,3)19-13-6-8-14(9-7-13)20-24(21,22)16-11-12(18)5-10-15(16)23-4/h5-11,19-20H,1-4H3. The van der Waals surface area contributed by atoms with Crippen LogP contribution in [0.25, 0.3) is 0 Å². The van der Waals surface area contributed by atoms with E-state index in [1.807, 2.05) is 12.1 Å². The molecular formula is C17H21ClN2O3S. The zero-order valence-electron chi connectivity index (χ0n) is 14.1. The molecule has 2 aromatic rings. The lowest BCUT2D eigenvalue weighted by Crippen LogP contribution is -2.25. The third-order valence-corrected chi connectivity index (χ3v) is 4.71. The first kappa shape index (κ1) is 18.4. The molecule has 2 aromatic carbocycles. The Bertz CT molecular complexity index is 813. The third kappa shape index (κ3) is 4.79. The van der Waals surface area contributed by atoms with E-state index in [0.29, 0.717) is 10.7 Å². The molecule has 24 heavy (non-hydrogen) atoms. The molecule has 0 aliphatic rings. The highest BCUT2D eigenvalue weighted by molar-refractivity contribution is 7.92. The van der Waals surface area contributed by atoms with Crippen LogP contribution in [0.3, 0.4) is 0 Å². The molecule has 0 radical (unpaired) electrons. The number of nitrogens with one attached hydrogen (secondary N) is 2. The van der Waals surface area contributed by atoms with E-state index in [9.17, 15) is 8.42 Å². The van der Waals surface area contributed by atoms with Crippen molar-refractivity contribution in [3.63, 3.8) is 0 Å². The number of ether oxygens (including phenoxy) is 1. The Labute approximate surface area is 148 Å². The van der Waals surface area contributed by atoms with Gasteiger partial charge < -0.3 is 10.1 Å². The van der Waals surface area contributed by atoms with E-state index < -0.39 is 10.0 Å². The summed E-state index contributed by atoms with van der Waals surface area (Å²) >= 11 is 5.91. The molecule has 0 fully saturated rings.